The first-order chi connectivity index (χ1) is 8.92. The molecule has 0 aliphatic rings. The Kier molecular flexibility index (Phi) is 5.32. The van der Waals surface area contributed by atoms with Gasteiger partial charge >= 0.3 is 0 Å². The van der Waals surface area contributed by atoms with E-state index in [1.807, 2.05) is 0 Å². The van der Waals surface area contributed by atoms with Crippen LogP contribution in [0.25, 0.3) is 0 Å². The number of rotatable bonds is 5. The molecule has 6 nitrogen and oxygen atoms in total. The molecule has 0 saturated heterocycles. The number of benzene rings is 1. The first-order valence-electron chi connectivity index (χ1n) is 5.93. The molecule has 0 aliphatic heterocycles. The first kappa shape index (κ1) is 15.0. The Morgan fingerprint density at radius 3 is 2.58 bits per heavy atom. The second-order valence-electron chi connectivity index (χ2n) is 4.33. The molecular formula is C13H19N3O3. The molecule has 0 aromatic heterocycles. The maximum absolute atomic E-state index is 11.6. The highest BCUT2D eigenvalue weighted by Crippen LogP contribution is 2.27. The number of amides is 2. The summed E-state index contributed by atoms with van der Waals surface area (Å²) in [6, 6.07) is 4.81. The Balaban J connectivity index is 2.85. The predicted molar refractivity (Wildman–Crippen MR) is 74.2 cm³/mol. The van der Waals surface area contributed by atoms with Crippen molar-refractivity contribution in [1.29, 1.82) is 0 Å². The summed E-state index contributed by atoms with van der Waals surface area (Å²) in [5.41, 5.74) is 6.64. The molecule has 1 atom stereocenters. The van der Waals surface area contributed by atoms with E-state index < -0.39 is 0 Å². The van der Waals surface area contributed by atoms with Gasteiger partial charge in [0.15, 0.2) is 0 Å². The van der Waals surface area contributed by atoms with Gasteiger partial charge in [-0.1, -0.05) is 0 Å². The van der Waals surface area contributed by atoms with Crippen molar-refractivity contribution in [1.82, 2.24) is 0 Å². The number of hydrogen-bond donors (Lipinski definition) is 3. The maximum Gasteiger partial charge on any atom is 0.225 e. The Hall–Kier alpha value is -2.08. The van der Waals surface area contributed by atoms with Gasteiger partial charge in [0.2, 0.25) is 11.8 Å². The van der Waals surface area contributed by atoms with Crippen LogP contribution in [-0.2, 0) is 9.59 Å². The van der Waals surface area contributed by atoms with Gasteiger partial charge in [-0.05, 0) is 25.1 Å². The van der Waals surface area contributed by atoms with Crippen molar-refractivity contribution in [2.75, 3.05) is 17.7 Å². The molecule has 1 unspecified atom stereocenters. The SMILES string of the molecule is COc1ccc(NC(=O)CC(C)N)cc1NC(C)=O. The molecule has 1 rings (SSSR count). The van der Waals surface area contributed by atoms with Crippen LogP contribution in [0.4, 0.5) is 11.4 Å². The van der Waals surface area contributed by atoms with Gasteiger partial charge in [0.05, 0.1) is 12.8 Å². The van der Waals surface area contributed by atoms with E-state index in [-0.39, 0.29) is 24.3 Å². The lowest BCUT2D eigenvalue weighted by Gasteiger charge is -2.12. The van der Waals surface area contributed by atoms with Crippen LogP contribution < -0.4 is 21.1 Å². The minimum Gasteiger partial charge on any atom is -0.495 e. The lowest BCUT2D eigenvalue weighted by molar-refractivity contribution is -0.116. The number of carbonyl (C=O) groups is 2. The molecule has 1 aromatic rings. The zero-order valence-corrected chi connectivity index (χ0v) is 11.3. The summed E-state index contributed by atoms with van der Waals surface area (Å²) in [5, 5.41) is 5.35. The Labute approximate surface area is 112 Å². The normalized spacial score (nSPS) is 11.6. The smallest absolute Gasteiger partial charge is 0.225 e. The number of nitrogens with one attached hydrogen (secondary N) is 2. The standard InChI is InChI=1S/C13H19N3O3/c1-8(14)6-13(18)16-10-4-5-12(19-3)11(7-10)15-9(2)17/h4-5,7-8H,6,14H2,1-3H3,(H,15,17)(H,16,18). The lowest BCUT2D eigenvalue weighted by atomic mass is 10.2. The minimum atomic E-state index is -0.211. The third kappa shape index (κ3) is 4.97. The summed E-state index contributed by atoms with van der Waals surface area (Å²) in [6.07, 6.45) is 0.238. The van der Waals surface area contributed by atoms with E-state index in [1.165, 1.54) is 14.0 Å². The van der Waals surface area contributed by atoms with Crippen LogP contribution in [-0.4, -0.2) is 25.0 Å². The van der Waals surface area contributed by atoms with Gasteiger partial charge in [0.1, 0.15) is 5.75 Å². The molecule has 0 heterocycles. The van der Waals surface area contributed by atoms with E-state index >= 15 is 0 Å². The summed E-state index contributed by atoms with van der Waals surface area (Å²) < 4.78 is 5.12. The Morgan fingerprint density at radius 1 is 1.37 bits per heavy atom. The van der Waals surface area contributed by atoms with E-state index in [0.717, 1.165) is 0 Å². The third-order valence-corrected chi connectivity index (χ3v) is 2.30. The van der Waals surface area contributed by atoms with Gasteiger partial charge in [0.25, 0.3) is 0 Å². The van der Waals surface area contributed by atoms with Crippen molar-refractivity contribution in [3.05, 3.63) is 18.2 Å². The molecule has 2 amide bonds. The average Bonchev–Trinajstić information content (AvgIpc) is 2.27. The third-order valence-electron chi connectivity index (χ3n) is 2.30. The molecule has 104 valence electrons. The summed E-state index contributed by atoms with van der Waals surface area (Å²) in [7, 11) is 1.51. The molecule has 19 heavy (non-hydrogen) atoms. The fourth-order valence-corrected chi connectivity index (χ4v) is 1.58. The molecule has 6 heteroatoms. The number of nitrogens with two attached hydrogens (primary N) is 1. The number of methoxy groups -OCH3 is 1. The predicted octanol–water partition coefficient (Wildman–Crippen LogP) is 1.33. The summed E-state index contributed by atoms with van der Waals surface area (Å²) in [5.74, 6) is 0.145. The Morgan fingerprint density at radius 2 is 2.05 bits per heavy atom. The number of anilines is 2. The highest BCUT2D eigenvalue weighted by Gasteiger charge is 2.09. The topological polar surface area (TPSA) is 93.4 Å². The van der Waals surface area contributed by atoms with Crippen molar-refractivity contribution < 1.29 is 14.3 Å². The highest BCUT2D eigenvalue weighted by atomic mass is 16.5. The monoisotopic (exact) mass is 265 g/mol. The van der Waals surface area contributed by atoms with Gasteiger partial charge in [-0.15, -0.1) is 0 Å². The van der Waals surface area contributed by atoms with E-state index in [1.54, 1.807) is 25.1 Å². The molecule has 0 bridgehead atoms. The summed E-state index contributed by atoms with van der Waals surface area (Å²) in [4.78, 5) is 22.7. The molecule has 0 saturated carbocycles. The summed E-state index contributed by atoms with van der Waals surface area (Å²) >= 11 is 0. The van der Waals surface area contributed by atoms with E-state index in [2.05, 4.69) is 10.6 Å². The molecule has 0 fully saturated rings. The number of carbonyl (C=O) groups excluding carboxylic acids is 2. The molecule has 0 aliphatic carbocycles. The van der Waals surface area contributed by atoms with Crippen LogP contribution in [0.2, 0.25) is 0 Å². The number of ether oxygens (including phenoxy) is 1. The van der Waals surface area contributed by atoms with Crippen molar-refractivity contribution in [2.24, 2.45) is 5.73 Å². The van der Waals surface area contributed by atoms with Crippen LogP contribution >= 0.6 is 0 Å². The van der Waals surface area contributed by atoms with Gasteiger partial charge in [-0.3, -0.25) is 9.59 Å². The van der Waals surface area contributed by atoms with Gasteiger partial charge in [-0.25, -0.2) is 0 Å². The van der Waals surface area contributed by atoms with Gasteiger partial charge < -0.3 is 21.1 Å². The zero-order chi connectivity index (χ0) is 14.4. The van der Waals surface area contributed by atoms with E-state index in [4.69, 9.17) is 10.5 Å². The fourth-order valence-electron chi connectivity index (χ4n) is 1.58. The van der Waals surface area contributed by atoms with Crippen LogP contribution in [0, 0.1) is 0 Å². The minimum absolute atomic E-state index is 0.172. The average molecular weight is 265 g/mol. The Bertz CT molecular complexity index is 472. The summed E-state index contributed by atoms with van der Waals surface area (Å²) in [6.45, 7) is 3.16. The van der Waals surface area contributed by atoms with E-state index in [0.29, 0.717) is 17.1 Å². The zero-order valence-electron chi connectivity index (χ0n) is 11.3. The van der Waals surface area contributed by atoms with Gasteiger partial charge in [-0.2, -0.15) is 0 Å². The molecule has 0 spiro atoms. The van der Waals surface area contributed by atoms with Crippen LogP contribution in [0.5, 0.6) is 5.75 Å². The second kappa shape index (κ2) is 6.75. The highest BCUT2D eigenvalue weighted by molar-refractivity contribution is 5.94. The van der Waals surface area contributed by atoms with Crippen LogP contribution in [0.15, 0.2) is 18.2 Å². The van der Waals surface area contributed by atoms with Crippen LogP contribution in [0.1, 0.15) is 20.3 Å². The van der Waals surface area contributed by atoms with Crippen molar-refractivity contribution in [2.45, 2.75) is 26.3 Å². The number of hydrogen-bond acceptors (Lipinski definition) is 4. The molecular weight excluding hydrogens is 246 g/mol. The van der Waals surface area contributed by atoms with Crippen molar-refractivity contribution in [3.8, 4) is 5.75 Å². The molecule has 0 radical (unpaired) electrons. The van der Waals surface area contributed by atoms with E-state index in [9.17, 15) is 9.59 Å². The molecule has 4 N–H and O–H groups in total. The first-order valence-corrected chi connectivity index (χ1v) is 5.93. The second-order valence-corrected chi connectivity index (χ2v) is 4.33. The quantitative estimate of drug-likeness (QED) is 0.748. The van der Waals surface area contributed by atoms with Crippen molar-refractivity contribution >= 4 is 23.2 Å². The fraction of sp³-hybridized carbons (Fsp3) is 0.385. The molecule has 1 aromatic carbocycles. The maximum atomic E-state index is 11.6. The van der Waals surface area contributed by atoms with Crippen LogP contribution in [0.3, 0.4) is 0 Å². The lowest BCUT2D eigenvalue weighted by Crippen LogP contribution is -2.24. The largest absolute Gasteiger partial charge is 0.495 e. The van der Waals surface area contributed by atoms with Crippen molar-refractivity contribution in [3.63, 3.8) is 0 Å². The van der Waals surface area contributed by atoms with Gasteiger partial charge in [0, 0.05) is 25.1 Å².